The number of nitrogens with zero attached hydrogens (tertiary/aromatic N) is 4. The molecule has 0 unspecified atom stereocenters. The molecule has 0 saturated heterocycles. The lowest BCUT2D eigenvalue weighted by Gasteiger charge is -2.14. The predicted molar refractivity (Wildman–Crippen MR) is 112 cm³/mol. The van der Waals surface area contributed by atoms with E-state index in [-0.39, 0.29) is 23.3 Å². The van der Waals surface area contributed by atoms with E-state index < -0.39 is 5.91 Å². The molecule has 3 aromatic rings. The molecule has 10 heteroatoms. The first kappa shape index (κ1) is 20.5. The molecule has 2 amide bonds. The number of benzene rings is 1. The number of aromatic nitrogens is 4. The normalized spacial score (nSPS) is 10.3. The molecule has 0 spiro atoms. The van der Waals surface area contributed by atoms with Crippen LogP contribution in [0.2, 0.25) is 0 Å². The molecule has 1 aromatic carbocycles. The Morgan fingerprint density at radius 1 is 1.30 bits per heavy atom. The molecule has 0 aliphatic rings. The number of nitrogens with two attached hydrogens (primary N) is 1. The molecule has 0 aliphatic carbocycles. The average molecular weight is 407 g/mol. The Kier molecular flexibility index (Phi) is 6.06. The number of rotatable bonds is 8. The van der Waals surface area contributed by atoms with Crippen LogP contribution in [-0.4, -0.2) is 31.6 Å². The molecule has 0 aliphatic heterocycles. The maximum absolute atomic E-state index is 11.9. The van der Waals surface area contributed by atoms with Crippen molar-refractivity contribution in [2.45, 2.75) is 13.3 Å². The third kappa shape index (κ3) is 4.79. The molecule has 0 saturated carbocycles. The summed E-state index contributed by atoms with van der Waals surface area (Å²) in [5, 5.41) is 9.72. The highest BCUT2D eigenvalue weighted by Crippen LogP contribution is 2.28. The number of aryl methyl sites for hydroxylation is 2. The van der Waals surface area contributed by atoms with Crippen molar-refractivity contribution >= 4 is 29.0 Å². The zero-order valence-corrected chi connectivity index (χ0v) is 16.5. The van der Waals surface area contributed by atoms with Crippen LogP contribution in [0.3, 0.4) is 0 Å². The third-order valence-corrected chi connectivity index (χ3v) is 3.97. The number of nitrogens with one attached hydrogen (secondary N) is 2. The number of carbonyl (C=O) groups is 2. The molecule has 2 aromatic heterocycles. The Hall–Kier alpha value is -4.21. The summed E-state index contributed by atoms with van der Waals surface area (Å²) < 4.78 is 7.51. The van der Waals surface area contributed by atoms with Crippen LogP contribution in [-0.2, 0) is 18.3 Å². The fourth-order valence-corrected chi connectivity index (χ4v) is 2.59. The molecular weight excluding hydrogens is 386 g/mol. The fourth-order valence-electron chi connectivity index (χ4n) is 2.59. The average Bonchev–Trinajstić information content (AvgIpc) is 3.12. The van der Waals surface area contributed by atoms with Crippen molar-refractivity contribution in [3.63, 3.8) is 0 Å². The summed E-state index contributed by atoms with van der Waals surface area (Å²) in [6.07, 6.45) is 4.93. The van der Waals surface area contributed by atoms with Gasteiger partial charge in [-0.2, -0.15) is 10.1 Å². The van der Waals surface area contributed by atoms with Crippen LogP contribution in [0.1, 0.15) is 23.1 Å². The van der Waals surface area contributed by atoms with E-state index in [1.54, 1.807) is 48.4 Å². The van der Waals surface area contributed by atoms with E-state index in [0.29, 0.717) is 29.2 Å². The monoisotopic (exact) mass is 407 g/mol. The molecule has 0 radical (unpaired) electrons. The minimum absolute atomic E-state index is 0.00458. The number of primary amides is 1. The first-order valence-corrected chi connectivity index (χ1v) is 9.07. The van der Waals surface area contributed by atoms with Gasteiger partial charge in [-0.1, -0.05) is 19.6 Å². The van der Waals surface area contributed by atoms with Crippen LogP contribution in [0.25, 0.3) is 0 Å². The smallest absolute Gasteiger partial charge is 0.271 e. The van der Waals surface area contributed by atoms with E-state index in [1.165, 1.54) is 6.08 Å². The van der Waals surface area contributed by atoms with Gasteiger partial charge in [0.1, 0.15) is 11.4 Å². The lowest BCUT2D eigenvalue weighted by atomic mass is 10.2. The van der Waals surface area contributed by atoms with Crippen LogP contribution >= 0.6 is 0 Å². The maximum atomic E-state index is 11.9. The van der Waals surface area contributed by atoms with Gasteiger partial charge in [-0.05, 0) is 24.6 Å². The predicted octanol–water partition coefficient (Wildman–Crippen LogP) is 2.53. The van der Waals surface area contributed by atoms with Crippen LogP contribution < -0.4 is 21.1 Å². The van der Waals surface area contributed by atoms with E-state index in [0.717, 1.165) is 0 Å². The number of hydrogen-bond acceptors (Lipinski definition) is 7. The van der Waals surface area contributed by atoms with Gasteiger partial charge in [0, 0.05) is 25.0 Å². The highest BCUT2D eigenvalue weighted by Gasteiger charge is 2.19. The highest BCUT2D eigenvalue weighted by molar-refractivity contribution is 5.99. The fraction of sp³-hybridized carbons (Fsp3) is 0.150. The summed E-state index contributed by atoms with van der Waals surface area (Å²) in [6, 6.07) is 6.78. The molecule has 0 atom stereocenters. The Labute approximate surface area is 172 Å². The van der Waals surface area contributed by atoms with Crippen molar-refractivity contribution in [2.24, 2.45) is 12.8 Å². The van der Waals surface area contributed by atoms with Crippen LogP contribution in [0, 0.1) is 0 Å². The van der Waals surface area contributed by atoms with E-state index in [1.807, 2.05) is 6.92 Å². The summed E-state index contributed by atoms with van der Waals surface area (Å²) in [5.41, 5.74) is 7.09. The van der Waals surface area contributed by atoms with Gasteiger partial charge < -0.3 is 21.1 Å². The lowest BCUT2D eigenvalue weighted by molar-refractivity contribution is -0.111. The Bertz CT molecular complexity index is 1110. The summed E-state index contributed by atoms with van der Waals surface area (Å²) in [6.45, 7) is 5.28. The molecule has 2 heterocycles. The van der Waals surface area contributed by atoms with Crippen LogP contribution in [0.4, 0.5) is 17.2 Å². The van der Waals surface area contributed by atoms with Gasteiger partial charge in [-0.15, -0.1) is 0 Å². The Morgan fingerprint density at radius 2 is 2.10 bits per heavy atom. The van der Waals surface area contributed by atoms with Gasteiger partial charge >= 0.3 is 0 Å². The minimum atomic E-state index is -0.718. The van der Waals surface area contributed by atoms with Crippen molar-refractivity contribution in [2.75, 3.05) is 10.6 Å². The van der Waals surface area contributed by atoms with E-state index in [2.05, 4.69) is 32.3 Å². The highest BCUT2D eigenvalue weighted by atomic mass is 16.5. The van der Waals surface area contributed by atoms with Gasteiger partial charge in [0.05, 0.1) is 11.9 Å². The first-order chi connectivity index (χ1) is 14.4. The van der Waals surface area contributed by atoms with Crippen molar-refractivity contribution < 1.29 is 14.3 Å². The number of carbonyl (C=O) groups excluding carboxylic acids is 2. The van der Waals surface area contributed by atoms with Gasteiger partial charge in [0.15, 0.2) is 11.5 Å². The van der Waals surface area contributed by atoms with E-state index >= 15 is 0 Å². The first-order valence-electron chi connectivity index (χ1n) is 9.07. The SMILES string of the molecule is C=CC(=O)Nc1cccc(Oc2nc(Nc3cnn(C)c3)c(C(N)=O)nc2CC)c1. The van der Waals surface area contributed by atoms with Gasteiger partial charge in [-0.3, -0.25) is 14.3 Å². The summed E-state index contributed by atoms with van der Waals surface area (Å²) in [4.78, 5) is 32.2. The number of anilines is 3. The number of hydrogen-bond donors (Lipinski definition) is 3. The second-order valence-corrected chi connectivity index (χ2v) is 6.24. The second kappa shape index (κ2) is 8.86. The Morgan fingerprint density at radius 3 is 2.73 bits per heavy atom. The quantitative estimate of drug-likeness (QED) is 0.488. The third-order valence-electron chi connectivity index (χ3n) is 3.97. The topological polar surface area (TPSA) is 137 Å². The molecular formula is C20H21N7O3. The van der Waals surface area contributed by atoms with Crippen molar-refractivity contribution in [1.82, 2.24) is 19.7 Å². The molecule has 4 N–H and O–H groups in total. The molecule has 0 bridgehead atoms. The van der Waals surface area contributed by atoms with Crippen molar-refractivity contribution in [3.8, 4) is 11.6 Å². The molecule has 3 rings (SSSR count). The van der Waals surface area contributed by atoms with Crippen molar-refractivity contribution in [3.05, 3.63) is 60.7 Å². The number of ether oxygens (including phenoxy) is 1. The largest absolute Gasteiger partial charge is 0.437 e. The van der Waals surface area contributed by atoms with Gasteiger partial charge in [-0.25, -0.2) is 4.98 Å². The zero-order valence-electron chi connectivity index (χ0n) is 16.5. The number of amides is 2. The van der Waals surface area contributed by atoms with Gasteiger partial charge in [0.2, 0.25) is 11.8 Å². The molecule has 0 fully saturated rings. The van der Waals surface area contributed by atoms with Crippen molar-refractivity contribution in [1.29, 1.82) is 0 Å². The van der Waals surface area contributed by atoms with Crippen LogP contribution in [0.5, 0.6) is 11.6 Å². The molecule has 154 valence electrons. The zero-order chi connectivity index (χ0) is 21.7. The molecule has 30 heavy (non-hydrogen) atoms. The summed E-state index contributed by atoms with van der Waals surface area (Å²) in [7, 11) is 1.76. The minimum Gasteiger partial charge on any atom is -0.437 e. The van der Waals surface area contributed by atoms with E-state index in [4.69, 9.17) is 10.5 Å². The summed E-state index contributed by atoms with van der Waals surface area (Å²) in [5.74, 6) is -0.265. The maximum Gasteiger partial charge on any atom is 0.271 e. The summed E-state index contributed by atoms with van der Waals surface area (Å²) >= 11 is 0. The second-order valence-electron chi connectivity index (χ2n) is 6.24. The Balaban J connectivity index is 1.96. The lowest BCUT2D eigenvalue weighted by Crippen LogP contribution is -2.18. The van der Waals surface area contributed by atoms with E-state index in [9.17, 15) is 9.59 Å². The standard InChI is InChI=1S/C20H21N7O3/c1-4-15-20(30-14-8-6-7-12(9-14)23-16(28)5-2)26-19(17(25-15)18(21)29)24-13-10-22-27(3)11-13/h5-11H,2,4H2,1,3H3,(H2,21,29)(H,23,28)(H,24,26). The van der Waals surface area contributed by atoms with Gasteiger partial charge in [0.25, 0.3) is 5.91 Å². The molecule has 10 nitrogen and oxygen atoms in total. The van der Waals surface area contributed by atoms with Crippen LogP contribution in [0.15, 0.2) is 49.3 Å².